The highest BCUT2D eigenvalue weighted by atomic mass is 35.5. The molecule has 1 N–H and O–H groups in total. The van der Waals surface area contributed by atoms with E-state index in [9.17, 15) is 4.79 Å². The average molecular weight is 270 g/mol. The smallest absolute Gasteiger partial charge is 0.255 e. The molecule has 1 aromatic rings. The van der Waals surface area contributed by atoms with E-state index in [0.29, 0.717) is 22.9 Å². The minimum absolute atomic E-state index is 0.0169. The lowest BCUT2D eigenvalue weighted by molar-refractivity contribution is 0.0764. The first kappa shape index (κ1) is 14.8. The molecule has 100 valence electrons. The molecule has 5 heteroatoms. The number of nitrogens with one attached hydrogen (secondary N) is 1. The number of amides is 1. The van der Waals surface area contributed by atoms with Crippen LogP contribution in [-0.4, -0.2) is 35.4 Å². The van der Waals surface area contributed by atoms with Crippen LogP contribution in [0, 0.1) is 0 Å². The lowest BCUT2D eigenvalue weighted by atomic mass is 10.2. The number of pyridine rings is 1. The molecule has 0 aliphatic rings. The lowest BCUT2D eigenvalue weighted by Crippen LogP contribution is -2.31. The van der Waals surface area contributed by atoms with E-state index >= 15 is 0 Å². The molecule has 0 saturated heterocycles. The molecule has 0 bridgehead atoms. The van der Waals surface area contributed by atoms with Crippen LogP contribution in [0.5, 0.6) is 0 Å². The Morgan fingerprint density at radius 1 is 1.44 bits per heavy atom. The fourth-order valence-electron chi connectivity index (χ4n) is 1.71. The molecule has 18 heavy (non-hydrogen) atoms. The van der Waals surface area contributed by atoms with E-state index in [1.165, 1.54) is 0 Å². The number of carbonyl (C=O) groups excluding carboxylic acids is 1. The Bertz CT molecular complexity index is 409. The summed E-state index contributed by atoms with van der Waals surface area (Å²) in [6, 6.07) is 1.67. The number of nitrogens with zero attached hydrogens (tertiary/aromatic N) is 2. The Morgan fingerprint density at radius 2 is 2.17 bits per heavy atom. The van der Waals surface area contributed by atoms with Crippen molar-refractivity contribution in [2.24, 2.45) is 0 Å². The molecule has 1 amide bonds. The number of rotatable bonds is 6. The zero-order chi connectivity index (χ0) is 13.5. The molecule has 0 fully saturated rings. The Kier molecular flexibility index (Phi) is 5.92. The molecular formula is C13H20ClN3O. The third-order valence-corrected chi connectivity index (χ3v) is 2.88. The van der Waals surface area contributed by atoms with Crippen molar-refractivity contribution in [2.45, 2.75) is 27.2 Å². The van der Waals surface area contributed by atoms with Crippen LogP contribution in [0.25, 0.3) is 0 Å². The Hall–Kier alpha value is -1.29. The van der Waals surface area contributed by atoms with Gasteiger partial charge < -0.3 is 10.2 Å². The van der Waals surface area contributed by atoms with Crippen molar-refractivity contribution in [1.29, 1.82) is 0 Å². The zero-order valence-electron chi connectivity index (χ0n) is 11.2. The summed E-state index contributed by atoms with van der Waals surface area (Å²) in [6.07, 6.45) is 2.51. The van der Waals surface area contributed by atoms with Crippen LogP contribution in [0.3, 0.4) is 0 Å². The van der Waals surface area contributed by atoms with Crippen molar-refractivity contribution >= 4 is 23.3 Å². The molecule has 0 spiro atoms. The maximum Gasteiger partial charge on any atom is 0.255 e. The predicted molar refractivity (Wildman–Crippen MR) is 75.3 cm³/mol. The quantitative estimate of drug-likeness (QED) is 0.863. The highest BCUT2D eigenvalue weighted by molar-refractivity contribution is 6.33. The molecule has 0 radical (unpaired) electrons. The van der Waals surface area contributed by atoms with E-state index in [1.54, 1.807) is 17.2 Å². The highest BCUT2D eigenvalue weighted by Crippen LogP contribution is 2.20. The third kappa shape index (κ3) is 3.60. The van der Waals surface area contributed by atoms with E-state index in [0.717, 1.165) is 19.5 Å². The van der Waals surface area contributed by atoms with Gasteiger partial charge in [0.05, 0.1) is 10.6 Å². The summed E-state index contributed by atoms with van der Waals surface area (Å²) >= 11 is 6.08. The third-order valence-electron chi connectivity index (χ3n) is 2.59. The van der Waals surface area contributed by atoms with Crippen molar-refractivity contribution in [1.82, 2.24) is 9.88 Å². The van der Waals surface area contributed by atoms with Crippen LogP contribution in [0.1, 0.15) is 37.6 Å². The number of aromatic nitrogens is 1. The molecule has 0 saturated carbocycles. The number of hydrogen-bond acceptors (Lipinski definition) is 3. The Morgan fingerprint density at radius 3 is 2.67 bits per heavy atom. The van der Waals surface area contributed by atoms with Crippen LogP contribution >= 0.6 is 11.6 Å². The minimum atomic E-state index is -0.0169. The predicted octanol–water partition coefficient (Wildman–Crippen LogP) is 3.04. The van der Waals surface area contributed by atoms with Crippen molar-refractivity contribution in [3.63, 3.8) is 0 Å². The first-order chi connectivity index (χ1) is 8.63. The Balaban J connectivity index is 2.89. The second-order valence-corrected chi connectivity index (χ2v) is 4.38. The van der Waals surface area contributed by atoms with E-state index in [-0.39, 0.29) is 5.91 Å². The van der Waals surface area contributed by atoms with E-state index in [4.69, 9.17) is 11.6 Å². The summed E-state index contributed by atoms with van der Waals surface area (Å²) in [4.78, 5) is 18.2. The fourth-order valence-corrected chi connectivity index (χ4v) is 1.94. The van der Waals surface area contributed by atoms with Crippen LogP contribution in [0.15, 0.2) is 12.3 Å². The topological polar surface area (TPSA) is 45.2 Å². The maximum atomic E-state index is 12.2. The summed E-state index contributed by atoms with van der Waals surface area (Å²) in [7, 11) is 0. The van der Waals surface area contributed by atoms with Gasteiger partial charge in [-0.1, -0.05) is 18.5 Å². The van der Waals surface area contributed by atoms with Crippen LogP contribution < -0.4 is 5.32 Å². The van der Waals surface area contributed by atoms with Crippen LogP contribution in [0.4, 0.5) is 5.82 Å². The second-order valence-electron chi connectivity index (χ2n) is 3.97. The van der Waals surface area contributed by atoms with Gasteiger partial charge in [-0.3, -0.25) is 4.79 Å². The summed E-state index contributed by atoms with van der Waals surface area (Å²) in [5.41, 5.74) is 0.539. The van der Waals surface area contributed by atoms with Gasteiger partial charge in [-0.15, -0.1) is 0 Å². The molecule has 0 aliphatic heterocycles. The monoisotopic (exact) mass is 269 g/mol. The van der Waals surface area contributed by atoms with Gasteiger partial charge in [0.2, 0.25) is 0 Å². The fraction of sp³-hybridized carbons (Fsp3) is 0.538. The molecule has 0 aliphatic carbocycles. The van der Waals surface area contributed by atoms with Crippen LogP contribution in [0.2, 0.25) is 5.02 Å². The SMILES string of the molecule is CCCN(CC)C(=O)c1cnc(NCC)c(Cl)c1. The second kappa shape index (κ2) is 7.21. The molecule has 4 nitrogen and oxygen atoms in total. The van der Waals surface area contributed by atoms with Crippen molar-refractivity contribution in [2.75, 3.05) is 25.0 Å². The maximum absolute atomic E-state index is 12.2. The minimum Gasteiger partial charge on any atom is -0.369 e. The van der Waals surface area contributed by atoms with E-state index in [2.05, 4.69) is 17.2 Å². The first-order valence-corrected chi connectivity index (χ1v) is 6.70. The molecule has 1 rings (SSSR count). The van der Waals surface area contributed by atoms with E-state index < -0.39 is 0 Å². The number of hydrogen-bond donors (Lipinski definition) is 1. The molecule has 1 heterocycles. The van der Waals surface area contributed by atoms with Gasteiger partial charge >= 0.3 is 0 Å². The van der Waals surface area contributed by atoms with Gasteiger partial charge in [0.15, 0.2) is 0 Å². The molecule has 1 aromatic heterocycles. The van der Waals surface area contributed by atoms with Crippen molar-refractivity contribution < 1.29 is 4.79 Å². The van der Waals surface area contributed by atoms with Gasteiger partial charge in [0, 0.05) is 25.8 Å². The number of carbonyl (C=O) groups is 1. The van der Waals surface area contributed by atoms with Gasteiger partial charge in [-0.2, -0.15) is 0 Å². The number of halogens is 1. The zero-order valence-corrected chi connectivity index (χ0v) is 11.9. The molecule has 0 unspecified atom stereocenters. The summed E-state index contributed by atoms with van der Waals surface area (Å²) in [6.45, 7) is 8.18. The molecular weight excluding hydrogens is 250 g/mol. The summed E-state index contributed by atoms with van der Waals surface area (Å²) in [5, 5.41) is 3.52. The first-order valence-electron chi connectivity index (χ1n) is 6.32. The highest BCUT2D eigenvalue weighted by Gasteiger charge is 2.15. The Labute approximate surface area is 113 Å². The van der Waals surface area contributed by atoms with E-state index in [1.807, 2.05) is 13.8 Å². The van der Waals surface area contributed by atoms with Gasteiger partial charge in [0.25, 0.3) is 5.91 Å². The molecule has 0 atom stereocenters. The summed E-state index contributed by atoms with van der Waals surface area (Å²) < 4.78 is 0. The lowest BCUT2D eigenvalue weighted by Gasteiger charge is -2.20. The van der Waals surface area contributed by atoms with Gasteiger partial charge in [0.1, 0.15) is 5.82 Å². The van der Waals surface area contributed by atoms with Crippen molar-refractivity contribution in [3.8, 4) is 0 Å². The summed E-state index contributed by atoms with van der Waals surface area (Å²) in [5.74, 6) is 0.603. The normalized spacial score (nSPS) is 10.2. The average Bonchev–Trinajstić information content (AvgIpc) is 2.37. The largest absolute Gasteiger partial charge is 0.369 e. The standard InChI is InChI=1S/C13H20ClN3O/c1-4-7-17(6-3)13(18)10-8-11(14)12(15-5-2)16-9-10/h8-9H,4-7H2,1-3H3,(H,15,16). The van der Waals surface area contributed by atoms with Crippen molar-refractivity contribution in [3.05, 3.63) is 22.8 Å². The number of anilines is 1. The van der Waals surface area contributed by atoms with Gasteiger partial charge in [-0.05, 0) is 26.3 Å². The van der Waals surface area contributed by atoms with Gasteiger partial charge in [-0.25, -0.2) is 4.98 Å². The molecule has 0 aromatic carbocycles. The van der Waals surface area contributed by atoms with Crippen LogP contribution in [-0.2, 0) is 0 Å².